The van der Waals surface area contributed by atoms with Gasteiger partial charge in [-0.15, -0.1) is 0 Å². The fourth-order valence-electron chi connectivity index (χ4n) is 5.71. The molecule has 8 heteroatoms. The lowest BCUT2D eigenvalue weighted by atomic mass is 9.94. The van der Waals surface area contributed by atoms with Crippen LogP contribution >= 0.6 is 0 Å². The van der Waals surface area contributed by atoms with Crippen LogP contribution in [0.1, 0.15) is 57.9 Å². The largest absolute Gasteiger partial charge is 0.339 e. The summed E-state index contributed by atoms with van der Waals surface area (Å²) in [4.78, 5) is 46.2. The molecule has 1 atom stereocenters. The second kappa shape index (κ2) is 11.4. The van der Waals surface area contributed by atoms with E-state index in [-0.39, 0.29) is 23.9 Å². The number of nitrogens with zero attached hydrogens (tertiary/aromatic N) is 4. The Balaban J connectivity index is 1.34. The number of benzene rings is 1. The molecule has 4 rings (SSSR count). The van der Waals surface area contributed by atoms with E-state index in [4.69, 9.17) is 0 Å². The lowest BCUT2D eigenvalue weighted by molar-refractivity contribution is -0.144. The molecule has 1 aromatic rings. The van der Waals surface area contributed by atoms with E-state index in [2.05, 4.69) is 36.2 Å². The summed E-state index contributed by atoms with van der Waals surface area (Å²) in [7, 11) is 0. The first kappa shape index (κ1) is 25.5. The molecule has 1 aromatic carbocycles. The van der Waals surface area contributed by atoms with Gasteiger partial charge in [0.2, 0.25) is 11.8 Å². The number of hydrogen-bond donors (Lipinski definition) is 1. The Morgan fingerprint density at radius 3 is 1.89 bits per heavy atom. The maximum absolute atomic E-state index is 13.7. The van der Waals surface area contributed by atoms with Gasteiger partial charge in [0.1, 0.15) is 0 Å². The molecule has 2 saturated heterocycles. The highest BCUT2D eigenvalue weighted by Gasteiger charge is 2.40. The van der Waals surface area contributed by atoms with Crippen LogP contribution in [0.5, 0.6) is 0 Å². The van der Waals surface area contributed by atoms with Gasteiger partial charge in [-0.3, -0.25) is 14.5 Å². The van der Waals surface area contributed by atoms with Crippen molar-refractivity contribution in [2.24, 2.45) is 5.92 Å². The van der Waals surface area contributed by atoms with Gasteiger partial charge < -0.3 is 20.0 Å². The van der Waals surface area contributed by atoms with Gasteiger partial charge in [-0.25, -0.2) is 4.79 Å². The fraction of sp³-hybridized carbons (Fsp3) is 0.667. The minimum atomic E-state index is -0.116. The van der Waals surface area contributed by atoms with Crippen molar-refractivity contribution in [3.05, 3.63) is 29.8 Å². The van der Waals surface area contributed by atoms with Crippen molar-refractivity contribution in [1.29, 1.82) is 0 Å². The van der Waals surface area contributed by atoms with E-state index in [0.29, 0.717) is 64.2 Å². The molecule has 4 amide bonds. The third-order valence-electron chi connectivity index (χ3n) is 7.96. The predicted molar refractivity (Wildman–Crippen MR) is 137 cm³/mol. The number of carbonyl (C=O) groups excluding carboxylic acids is 3. The van der Waals surface area contributed by atoms with Gasteiger partial charge in [-0.2, -0.15) is 0 Å². The summed E-state index contributed by atoms with van der Waals surface area (Å²) in [6.45, 7) is 11.0. The highest BCUT2D eigenvalue weighted by molar-refractivity contribution is 5.89. The molecule has 1 saturated carbocycles. The molecular weight excluding hydrogens is 442 g/mol. The summed E-state index contributed by atoms with van der Waals surface area (Å²) in [6, 6.07) is 7.86. The third kappa shape index (κ3) is 6.15. The van der Waals surface area contributed by atoms with Gasteiger partial charge >= 0.3 is 6.03 Å². The number of piperazine rings is 2. The molecule has 35 heavy (non-hydrogen) atoms. The van der Waals surface area contributed by atoms with Gasteiger partial charge in [-0.1, -0.05) is 38.8 Å². The molecule has 1 N–H and O–H groups in total. The summed E-state index contributed by atoms with van der Waals surface area (Å²) in [5, 5.41) is 3.03. The van der Waals surface area contributed by atoms with Crippen molar-refractivity contribution < 1.29 is 14.4 Å². The maximum Gasteiger partial charge on any atom is 0.321 e. The van der Waals surface area contributed by atoms with E-state index < -0.39 is 0 Å². The minimum Gasteiger partial charge on any atom is -0.339 e. The van der Waals surface area contributed by atoms with Crippen molar-refractivity contribution in [2.75, 3.05) is 57.7 Å². The highest BCUT2D eigenvalue weighted by Crippen LogP contribution is 2.32. The number of urea groups is 1. The van der Waals surface area contributed by atoms with Gasteiger partial charge in [0.15, 0.2) is 0 Å². The standard InChI is InChI=1S/C27H41N5O3/c1-20(2)22-8-10-24(11-9-22)28-27(35)32-18-14-30(15-19-32)25(23-6-4-5-7-23)26(34)31-16-12-29(13-17-31)21(3)33/h8-11,20,23,25H,4-7,12-19H2,1-3H3,(H,28,35). The number of hydrogen-bond acceptors (Lipinski definition) is 4. The molecule has 2 heterocycles. The van der Waals surface area contributed by atoms with Crippen LogP contribution in [0.3, 0.4) is 0 Å². The molecule has 0 spiro atoms. The summed E-state index contributed by atoms with van der Waals surface area (Å²) < 4.78 is 0. The Bertz CT molecular complexity index is 881. The van der Waals surface area contributed by atoms with Crippen molar-refractivity contribution in [1.82, 2.24) is 19.6 Å². The number of nitrogens with one attached hydrogen (secondary N) is 1. The average molecular weight is 484 g/mol. The monoisotopic (exact) mass is 483 g/mol. The molecule has 3 aliphatic rings. The van der Waals surface area contributed by atoms with E-state index >= 15 is 0 Å². The smallest absolute Gasteiger partial charge is 0.321 e. The molecule has 192 valence electrons. The summed E-state index contributed by atoms with van der Waals surface area (Å²) in [6.07, 6.45) is 4.56. The van der Waals surface area contributed by atoms with E-state index in [9.17, 15) is 14.4 Å². The molecule has 0 bridgehead atoms. The zero-order valence-corrected chi connectivity index (χ0v) is 21.5. The molecule has 1 aliphatic carbocycles. The molecule has 8 nitrogen and oxygen atoms in total. The average Bonchev–Trinajstić information content (AvgIpc) is 3.39. The molecule has 0 radical (unpaired) electrons. The Labute approximate surface area is 209 Å². The first-order valence-electron chi connectivity index (χ1n) is 13.3. The van der Waals surface area contributed by atoms with Gasteiger partial charge in [0.25, 0.3) is 0 Å². The number of anilines is 1. The molecule has 0 aromatic heterocycles. The summed E-state index contributed by atoms with van der Waals surface area (Å²) >= 11 is 0. The van der Waals surface area contributed by atoms with E-state index in [1.165, 1.54) is 18.4 Å². The normalized spacial score (nSPS) is 20.9. The zero-order valence-electron chi connectivity index (χ0n) is 21.5. The van der Waals surface area contributed by atoms with Crippen LogP contribution < -0.4 is 5.32 Å². The van der Waals surface area contributed by atoms with Crippen molar-refractivity contribution in [2.45, 2.75) is 58.4 Å². The Kier molecular flexibility index (Phi) is 8.31. The topological polar surface area (TPSA) is 76.2 Å². The van der Waals surface area contributed by atoms with Crippen molar-refractivity contribution in [3.63, 3.8) is 0 Å². The van der Waals surface area contributed by atoms with Gasteiger partial charge in [-0.05, 0) is 42.4 Å². The van der Waals surface area contributed by atoms with Crippen LogP contribution in [0.15, 0.2) is 24.3 Å². The Morgan fingerprint density at radius 1 is 0.800 bits per heavy atom. The second-order valence-electron chi connectivity index (χ2n) is 10.6. The lowest BCUT2D eigenvalue weighted by Crippen LogP contribution is -2.61. The summed E-state index contributed by atoms with van der Waals surface area (Å²) in [5.41, 5.74) is 2.06. The van der Waals surface area contributed by atoms with Crippen LogP contribution in [-0.4, -0.2) is 95.8 Å². The van der Waals surface area contributed by atoms with Crippen LogP contribution in [0.4, 0.5) is 10.5 Å². The summed E-state index contributed by atoms with van der Waals surface area (Å²) in [5.74, 6) is 1.13. The SMILES string of the molecule is CC(=O)N1CCN(C(=O)C(C2CCCC2)N2CCN(C(=O)Nc3ccc(C(C)C)cc3)CC2)CC1. The number of rotatable bonds is 5. The van der Waals surface area contributed by atoms with Gasteiger partial charge in [0, 0.05) is 65.0 Å². The first-order chi connectivity index (χ1) is 16.8. The fourth-order valence-corrected chi connectivity index (χ4v) is 5.71. The Hall–Kier alpha value is -2.61. The maximum atomic E-state index is 13.7. The lowest BCUT2D eigenvalue weighted by Gasteiger charge is -2.43. The Morgan fingerprint density at radius 2 is 1.34 bits per heavy atom. The van der Waals surface area contributed by atoms with Crippen LogP contribution in [0.2, 0.25) is 0 Å². The van der Waals surface area contributed by atoms with E-state index in [1.807, 2.05) is 26.8 Å². The van der Waals surface area contributed by atoms with Gasteiger partial charge in [0.05, 0.1) is 6.04 Å². The van der Waals surface area contributed by atoms with Crippen molar-refractivity contribution in [3.8, 4) is 0 Å². The van der Waals surface area contributed by atoms with Crippen LogP contribution in [-0.2, 0) is 9.59 Å². The van der Waals surface area contributed by atoms with Crippen LogP contribution in [0, 0.1) is 5.92 Å². The number of amides is 4. The molecule has 2 aliphatic heterocycles. The predicted octanol–water partition coefficient (Wildman–Crippen LogP) is 3.21. The van der Waals surface area contributed by atoms with E-state index in [1.54, 1.807) is 6.92 Å². The highest BCUT2D eigenvalue weighted by atomic mass is 16.2. The quantitative estimate of drug-likeness (QED) is 0.698. The van der Waals surface area contributed by atoms with E-state index in [0.717, 1.165) is 18.5 Å². The number of carbonyl (C=O) groups is 3. The van der Waals surface area contributed by atoms with Crippen LogP contribution in [0.25, 0.3) is 0 Å². The zero-order chi connectivity index (χ0) is 24.9. The molecule has 1 unspecified atom stereocenters. The first-order valence-corrected chi connectivity index (χ1v) is 13.3. The van der Waals surface area contributed by atoms with Crippen molar-refractivity contribution >= 4 is 23.5 Å². The third-order valence-corrected chi connectivity index (χ3v) is 7.96. The molecular formula is C27H41N5O3. The molecule has 3 fully saturated rings. The second-order valence-corrected chi connectivity index (χ2v) is 10.6. The minimum absolute atomic E-state index is 0.0777.